The van der Waals surface area contributed by atoms with Gasteiger partial charge in [-0.25, -0.2) is 0 Å². The monoisotopic (exact) mass is 210 g/mol. The summed E-state index contributed by atoms with van der Waals surface area (Å²) in [5.41, 5.74) is 0. The van der Waals surface area contributed by atoms with Crippen molar-refractivity contribution in [1.82, 2.24) is 0 Å². The van der Waals surface area contributed by atoms with Crippen LogP contribution in [0.4, 0.5) is 0 Å². The SMILES string of the molecule is COCSC(C)CCSCCO. The van der Waals surface area contributed by atoms with Gasteiger partial charge in [-0.3, -0.25) is 0 Å². The van der Waals surface area contributed by atoms with E-state index in [-0.39, 0.29) is 0 Å². The molecule has 0 bridgehead atoms. The Labute approximate surface area is 83.4 Å². The van der Waals surface area contributed by atoms with Crippen LogP contribution in [0.25, 0.3) is 0 Å². The third kappa shape index (κ3) is 8.71. The maximum atomic E-state index is 8.53. The first-order valence-electron chi connectivity index (χ1n) is 4.10. The summed E-state index contributed by atoms with van der Waals surface area (Å²) >= 11 is 3.65. The highest BCUT2D eigenvalue weighted by molar-refractivity contribution is 8.00. The molecular weight excluding hydrogens is 192 g/mol. The lowest BCUT2D eigenvalue weighted by molar-refractivity contribution is 0.258. The first kappa shape index (κ1) is 12.6. The Balaban J connectivity index is 3.02. The molecule has 0 rings (SSSR count). The molecule has 0 aliphatic rings. The van der Waals surface area contributed by atoms with E-state index in [1.54, 1.807) is 7.11 Å². The number of aliphatic hydroxyl groups excluding tert-OH is 1. The van der Waals surface area contributed by atoms with Gasteiger partial charge in [0.15, 0.2) is 0 Å². The summed E-state index contributed by atoms with van der Waals surface area (Å²) < 4.78 is 4.96. The quantitative estimate of drug-likeness (QED) is 0.489. The van der Waals surface area contributed by atoms with Crippen molar-refractivity contribution in [2.75, 3.05) is 31.2 Å². The number of aliphatic hydroxyl groups is 1. The Morgan fingerprint density at radius 2 is 2.17 bits per heavy atom. The molecule has 0 radical (unpaired) electrons. The maximum absolute atomic E-state index is 8.53. The average molecular weight is 210 g/mol. The van der Waals surface area contributed by atoms with Gasteiger partial charge in [-0.15, -0.1) is 11.8 Å². The summed E-state index contributed by atoms with van der Waals surface area (Å²) in [7, 11) is 1.72. The minimum atomic E-state index is 0.296. The molecule has 12 heavy (non-hydrogen) atoms. The van der Waals surface area contributed by atoms with Crippen molar-refractivity contribution in [3.8, 4) is 0 Å². The Morgan fingerprint density at radius 1 is 1.42 bits per heavy atom. The zero-order chi connectivity index (χ0) is 9.23. The van der Waals surface area contributed by atoms with Gasteiger partial charge in [0.2, 0.25) is 0 Å². The van der Waals surface area contributed by atoms with E-state index in [4.69, 9.17) is 9.84 Å². The summed E-state index contributed by atoms with van der Waals surface area (Å²) in [6.45, 7) is 2.51. The molecule has 1 atom stereocenters. The van der Waals surface area contributed by atoms with Gasteiger partial charge < -0.3 is 9.84 Å². The topological polar surface area (TPSA) is 29.5 Å². The van der Waals surface area contributed by atoms with Gasteiger partial charge in [0.1, 0.15) is 0 Å². The molecule has 0 aromatic heterocycles. The van der Waals surface area contributed by atoms with Crippen molar-refractivity contribution >= 4 is 23.5 Å². The number of methoxy groups -OCH3 is 1. The minimum absolute atomic E-state index is 0.296. The van der Waals surface area contributed by atoms with Crippen molar-refractivity contribution in [3.05, 3.63) is 0 Å². The Kier molecular flexibility index (Phi) is 10.2. The highest BCUT2D eigenvalue weighted by atomic mass is 32.2. The molecule has 0 heterocycles. The van der Waals surface area contributed by atoms with Crippen LogP contribution in [0.1, 0.15) is 13.3 Å². The van der Waals surface area contributed by atoms with E-state index < -0.39 is 0 Å². The van der Waals surface area contributed by atoms with Crippen LogP contribution in [-0.2, 0) is 4.74 Å². The van der Waals surface area contributed by atoms with Crippen LogP contribution in [0.5, 0.6) is 0 Å². The largest absolute Gasteiger partial charge is 0.396 e. The van der Waals surface area contributed by atoms with Gasteiger partial charge in [-0.05, 0) is 12.2 Å². The number of rotatable bonds is 8. The molecule has 0 aromatic carbocycles. The maximum Gasteiger partial charge on any atom is 0.0919 e. The lowest BCUT2D eigenvalue weighted by atomic mass is 10.4. The van der Waals surface area contributed by atoms with Gasteiger partial charge in [0, 0.05) is 18.1 Å². The number of hydrogen-bond donors (Lipinski definition) is 1. The third-order valence-electron chi connectivity index (χ3n) is 1.37. The Bertz CT molecular complexity index is 91.1. The smallest absolute Gasteiger partial charge is 0.0919 e. The van der Waals surface area contributed by atoms with E-state index in [9.17, 15) is 0 Å². The molecule has 0 fully saturated rings. The zero-order valence-corrected chi connectivity index (χ0v) is 9.42. The molecule has 0 saturated heterocycles. The number of thioether (sulfide) groups is 2. The predicted octanol–water partition coefficient (Wildman–Crippen LogP) is 1.83. The summed E-state index contributed by atoms with van der Waals surface area (Å²) in [5.74, 6) is 2.78. The van der Waals surface area contributed by atoms with E-state index in [2.05, 4.69) is 6.92 Å². The predicted molar refractivity (Wildman–Crippen MR) is 58.0 cm³/mol. The average Bonchev–Trinajstić information content (AvgIpc) is 2.09. The fourth-order valence-electron chi connectivity index (χ4n) is 0.683. The molecular formula is C8H18O2S2. The van der Waals surface area contributed by atoms with Crippen LogP contribution >= 0.6 is 23.5 Å². The van der Waals surface area contributed by atoms with Crippen molar-refractivity contribution in [2.45, 2.75) is 18.6 Å². The molecule has 0 saturated carbocycles. The van der Waals surface area contributed by atoms with Crippen LogP contribution < -0.4 is 0 Å². The Morgan fingerprint density at radius 3 is 2.75 bits per heavy atom. The van der Waals surface area contributed by atoms with E-state index in [1.807, 2.05) is 23.5 Å². The van der Waals surface area contributed by atoms with E-state index in [0.29, 0.717) is 11.9 Å². The van der Waals surface area contributed by atoms with Crippen LogP contribution in [0.15, 0.2) is 0 Å². The summed E-state index contributed by atoms with van der Waals surface area (Å²) in [6.07, 6.45) is 1.19. The summed E-state index contributed by atoms with van der Waals surface area (Å²) in [4.78, 5) is 0. The van der Waals surface area contributed by atoms with Crippen molar-refractivity contribution in [1.29, 1.82) is 0 Å². The van der Waals surface area contributed by atoms with Crippen LogP contribution in [-0.4, -0.2) is 41.5 Å². The van der Waals surface area contributed by atoms with Crippen LogP contribution in [0.2, 0.25) is 0 Å². The van der Waals surface area contributed by atoms with E-state index >= 15 is 0 Å². The molecule has 2 nitrogen and oxygen atoms in total. The third-order valence-corrected chi connectivity index (χ3v) is 3.55. The normalized spacial score (nSPS) is 13.2. The molecule has 1 N–H and O–H groups in total. The Hall–Kier alpha value is 0.620. The highest BCUT2D eigenvalue weighted by Gasteiger charge is 2.01. The second-order valence-electron chi connectivity index (χ2n) is 2.51. The zero-order valence-electron chi connectivity index (χ0n) is 7.78. The van der Waals surface area contributed by atoms with E-state index in [0.717, 1.165) is 17.4 Å². The lowest BCUT2D eigenvalue weighted by Crippen LogP contribution is -2.01. The van der Waals surface area contributed by atoms with Crippen LogP contribution in [0.3, 0.4) is 0 Å². The molecule has 0 aliphatic carbocycles. The first-order chi connectivity index (χ1) is 5.81. The van der Waals surface area contributed by atoms with Crippen molar-refractivity contribution in [3.63, 3.8) is 0 Å². The van der Waals surface area contributed by atoms with Gasteiger partial charge in [0.25, 0.3) is 0 Å². The van der Waals surface area contributed by atoms with Gasteiger partial charge in [-0.1, -0.05) is 6.92 Å². The minimum Gasteiger partial charge on any atom is -0.396 e. The van der Waals surface area contributed by atoms with Crippen molar-refractivity contribution in [2.24, 2.45) is 0 Å². The fourth-order valence-corrected chi connectivity index (χ4v) is 2.34. The van der Waals surface area contributed by atoms with Crippen LogP contribution in [0, 0.1) is 0 Å². The number of hydrogen-bond acceptors (Lipinski definition) is 4. The second-order valence-corrected chi connectivity index (χ2v) is 5.11. The number of ether oxygens (including phenoxy) is 1. The molecule has 0 aromatic rings. The highest BCUT2D eigenvalue weighted by Crippen LogP contribution is 2.16. The lowest BCUT2D eigenvalue weighted by Gasteiger charge is -2.09. The first-order valence-corrected chi connectivity index (χ1v) is 6.30. The fraction of sp³-hybridized carbons (Fsp3) is 1.00. The summed E-state index contributed by atoms with van der Waals surface area (Å²) in [5, 5.41) is 9.19. The van der Waals surface area contributed by atoms with Gasteiger partial charge in [0.05, 0.1) is 12.5 Å². The summed E-state index contributed by atoms with van der Waals surface area (Å²) in [6, 6.07) is 0. The van der Waals surface area contributed by atoms with Gasteiger partial charge in [-0.2, -0.15) is 11.8 Å². The molecule has 0 amide bonds. The standard InChI is InChI=1S/C8H18O2S2/c1-8(12-7-10-2)3-5-11-6-4-9/h8-9H,3-7H2,1-2H3. The molecule has 74 valence electrons. The van der Waals surface area contributed by atoms with E-state index in [1.165, 1.54) is 6.42 Å². The van der Waals surface area contributed by atoms with Crippen molar-refractivity contribution < 1.29 is 9.84 Å². The molecule has 4 heteroatoms. The molecule has 1 unspecified atom stereocenters. The molecule has 0 aliphatic heterocycles. The van der Waals surface area contributed by atoms with Gasteiger partial charge >= 0.3 is 0 Å². The molecule has 0 spiro atoms. The second kappa shape index (κ2) is 9.71.